The molecule has 2 aromatic carbocycles. The van der Waals surface area contributed by atoms with E-state index in [2.05, 4.69) is 64.1 Å². The molecule has 2 aromatic heterocycles. The van der Waals surface area contributed by atoms with E-state index in [0.29, 0.717) is 12.4 Å². The molecule has 1 aliphatic rings. The molecule has 0 aliphatic heterocycles. The molecule has 1 aliphatic carbocycles. The first-order valence-corrected chi connectivity index (χ1v) is 12.9. The number of H-pyrrole nitrogens is 1. The summed E-state index contributed by atoms with van der Waals surface area (Å²) in [4.78, 5) is 13.3. The van der Waals surface area contributed by atoms with Crippen LogP contribution in [0.2, 0.25) is 0 Å². The zero-order valence-corrected chi connectivity index (χ0v) is 20.5. The third-order valence-corrected chi connectivity index (χ3v) is 7.27. The second kappa shape index (κ2) is 10.8. The van der Waals surface area contributed by atoms with Gasteiger partial charge in [-0.2, -0.15) is 0 Å². The van der Waals surface area contributed by atoms with Gasteiger partial charge in [0.15, 0.2) is 5.82 Å². The molecule has 5 rings (SSSR count). The van der Waals surface area contributed by atoms with Crippen molar-refractivity contribution in [3.63, 3.8) is 0 Å². The highest BCUT2D eigenvalue weighted by Crippen LogP contribution is 2.30. The number of nitrogens with zero attached hydrogens (tertiary/aromatic N) is 5. The lowest BCUT2D eigenvalue weighted by atomic mass is 9.87. The summed E-state index contributed by atoms with van der Waals surface area (Å²) in [7, 11) is 0. The molecule has 0 bridgehead atoms. The summed E-state index contributed by atoms with van der Waals surface area (Å²) in [6.07, 6.45) is 11.9. The summed E-state index contributed by atoms with van der Waals surface area (Å²) in [5.74, 6) is 1.42. The van der Waals surface area contributed by atoms with E-state index in [1.165, 1.54) is 32.1 Å². The minimum atomic E-state index is 0.122. The van der Waals surface area contributed by atoms with Gasteiger partial charge in [-0.15, -0.1) is 5.10 Å². The van der Waals surface area contributed by atoms with Crippen molar-refractivity contribution >= 4 is 0 Å². The summed E-state index contributed by atoms with van der Waals surface area (Å²) in [5.41, 5.74) is 5.49. The van der Waals surface area contributed by atoms with Crippen LogP contribution in [-0.2, 0) is 19.5 Å². The van der Waals surface area contributed by atoms with Crippen molar-refractivity contribution in [3.05, 3.63) is 76.5 Å². The van der Waals surface area contributed by atoms with Gasteiger partial charge in [0.2, 0.25) is 0 Å². The van der Waals surface area contributed by atoms with Crippen molar-refractivity contribution in [2.75, 3.05) is 0 Å². The zero-order chi connectivity index (χ0) is 24.0. The van der Waals surface area contributed by atoms with Gasteiger partial charge in [0, 0.05) is 24.0 Å². The van der Waals surface area contributed by atoms with Gasteiger partial charge < -0.3 is 0 Å². The molecule has 2 heterocycles. The lowest BCUT2D eigenvalue weighted by molar-refractivity contribution is 0.322. The molecule has 1 fully saturated rings. The first-order valence-electron chi connectivity index (χ1n) is 12.9. The normalized spacial score (nSPS) is 14.4. The molecule has 0 spiro atoms. The van der Waals surface area contributed by atoms with Crippen molar-refractivity contribution in [2.45, 2.75) is 71.4 Å². The van der Waals surface area contributed by atoms with Gasteiger partial charge in [-0.1, -0.05) is 94.0 Å². The number of nitrogens with one attached hydrogen (secondary N) is 1. The predicted molar refractivity (Wildman–Crippen MR) is 138 cm³/mol. The Kier molecular flexibility index (Phi) is 7.21. The molecule has 1 N–H and O–H groups in total. The molecular weight excluding hydrogens is 436 g/mol. The number of aromatic amines is 1. The summed E-state index contributed by atoms with van der Waals surface area (Å²) >= 11 is 0. The molecule has 0 unspecified atom stereocenters. The average Bonchev–Trinajstić information content (AvgIpc) is 3.54. The fourth-order valence-corrected chi connectivity index (χ4v) is 5.35. The number of aromatic nitrogens is 6. The molecule has 1 saturated carbocycles. The fraction of sp³-hybridized carbons (Fsp3) is 0.429. The van der Waals surface area contributed by atoms with E-state index in [-0.39, 0.29) is 5.69 Å². The minimum absolute atomic E-state index is 0.122. The lowest BCUT2D eigenvalue weighted by Gasteiger charge is -2.21. The van der Waals surface area contributed by atoms with E-state index in [0.717, 1.165) is 59.7 Å². The maximum atomic E-state index is 13.3. The number of aryl methyl sites for hydroxylation is 2. The Hall–Kier alpha value is -3.48. The molecule has 0 saturated heterocycles. The second-order valence-electron chi connectivity index (χ2n) is 9.72. The summed E-state index contributed by atoms with van der Waals surface area (Å²) in [6.45, 7) is 3.60. The standard InChI is InChI=1S/C28H34N6O/c1-2-8-24-20-33(18-17-21-9-4-3-5-10-21)28(35)34(24)19-22-13-15-23(16-14-22)25-11-6-7-12-26(25)27-29-31-32-30-27/h6-7,11-16,20-21H,2-5,8-10,17-19H2,1H3,(H,29,30,31,32). The smallest absolute Gasteiger partial charge is 0.299 e. The summed E-state index contributed by atoms with van der Waals surface area (Å²) in [6, 6.07) is 16.5. The Morgan fingerprint density at radius 1 is 1.00 bits per heavy atom. The molecular formula is C28H34N6O. The van der Waals surface area contributed by atoms with E-state index in [1.807, 2.05) is 27.3 Å². The molecule has 35 heavy (non-hydrogen) atoms. The molecule has 7 nitrogen and oxygen atoms in total. The predicted octanol–water partition coefficient (Wildman–Crippen LogP) is 5.47. The average molecular weight is 471 g/mol. The van der Waals surface area contributed by atoms with Gasteiger partial charge in [-0.3, -0.25) is 9.13 Å². The maximum absolute atomic E-state index is 13.3. The third-order valence-electron chi connectivity index (χ3n) is 7.27. The van der Waals surface area contributed by atoms with Gasteiger partial charge >= 0.3 is 5.69 Å². The summed E-state index contributed by atoms with van der Waals surface area (Å²) < 4.78 is 3.92. The van der Waals surface area contributed by atoms with E-state index >= 15 is 0 Å². The van der Waals surface area contributed by atoms with Crippen LogP contribution < -0.4 is 5.69 Å². The lowest BCUT2D eigenvalue weighted by Crippen LogP contribution is -2.26. The Morgan fingerprint density at radius 3 is 2.49 bits per heavy atom. The van der Waals surface area contributed by atoms with Crippen LogP contribution in [0.5, 0.6) is 0 Å². The minimum Gasteiger partial charge on any atom is -0.299 e. The van der Waals surface area contributed by atoms with Gasteiger partial charge in [-0.05, 0) is 45.9 Å². The highest BCUT2D eigenvalue weighted by Gasteiger charge is 2.16. The van der Waals surface area contributed by atoms with Crippen molar-refractivity contribution < 1.29 is 0 Å². The number of hydrogen-bond donors (Lipinski definition) is 1. The Balaban J connectivity index is 1.35. The van der Waals surface area contributed by atoms with Crippen molar-refractivity contribution in [3.8, 4) is 22.5 Å². The Bertz CT molecular complexity index is 1280. The number of tetrazole rings is 1. The molecule has 182 valence electrons. The van der Waals surface area contributed by atoms with Gasteiger partial charge in [0.05, 0.1) is 6.54 Å². The number of rotatable bonds is 9. The summed E-state index contributed by atoms with van der Waals surface area (Å²) in [5, 5.41) is 14.4. The first kappa shape index (κ1) is 23.3. The quantitative estimate of drug-likeness (QED) is 0.352. The van der Waals surface area contributed by atoms with Crippen LogP contribution in [0.4, 0.5) is 0 Å². The number of hydrogen-bond acceptors (Lipinski definition) is 4. The van der Waals surface area contributed by atoms with Crippen LogP contribution in [0, 0.1) is 5.92 Å². The second-order valence-corrected chi connectivity index (χ2v) is 9.72. The Labute approximate surface area is 206 Å². The molecule has 0 radical (unpaired) electrons. The van der Waals surface area contributed by atoms with Crippen LogP contribution in [-0.4, -0.2) is 29.8 Å². The number of benzene rings is 2. The topological polar surface area (TPSA) is 81.4 Å². The third kappa shape index (κ3) is 5.29. The highest BCUT2D eigenvalue weighted by molar-refractivity contribution is 5.80. The van der Waals surface area contributed by atoms with Gasteiger partial charge in [0.25, 0.3) is 0 Å². The van der Waals surface area contributed by atoms with Crippen LogP contribution in [0.3, 0.4) is 0 Å². The molecule has 7 heteroatoms. The molecule has 0 amide bonds. The fourth-order valence-electron chi connectivity index (χ4n) is 5.35. The van der Waals surface area contributed by atoms with Crippen LogP contribution in [0.25, 0.3) is 22.5 Å². The van der Waals surface area contributed by atoms with Gasteiger partial charge in [-0.25, -0.2) is 9.89 Å². The van der Waals surface area contributed by atoms with Crippen LogP contribution >= 0.6 is 0 Å². The SMILES string of the molecule is CCCc1cn(CCC2CCCCC2)c(=O)n1Cc1ccc(-c2ccccc2-c2nnn[nH]2)cc1. The van der Waals surface area contributed by atoms with Gasteiger partial charge in [0.1, 0.15) is 0 Å². The van der Waals surface area contributed by atoms with Crippen molar-refractivity contribution in [1.29, 1.82) is 0 Å². The largest absolute Gasteiger partial charge is 0.328 e. The van der Waals surface area contributed by atoms with E-state index in [4.69, 9.17) is 0 Å². The van der Waals surface area contributed by atoms with E-state index in [1.54, 1.807) is 0 Å². The first-order chi connectivity index (χ1) is 17.2. The van der Waals surface area contributed by atoms with Crippen molar-refractivity contribution in [2.24, 2.45) is 5.92 Å². The monoisotopic (exact) mass is 470 g/mol. The number of imidazole rings is 1. The van der Waals surface area contributed by atoms with Crippen molar-refractivity contribution in [1.82, 2.24) is 29.8 Å². The molecule has 0 atom stereocenters. The van der Waals surface area contributed by atoms with Crippen LogP contribution in [0.1, 0.15) is 63.1 Å². The zero-order valence-electron chi connectivity index (χ0n) is 20.5. The Morgan fingerprint density at radius 2 is 1.77 bits per heavy atom. The molecule has 4 aromatic rings. The van der Waals surface area contributed by atoms with E-state index < -0.39 is 0 Å². The highest BCUT2D eigenvalue weighted by atomic mass is 16.1. The van der Waals surface area contributed by atoms with E-state index in [9.17, 15) is 4.79 Å². The van der Waals surface area contributed by atoms with Crippen LogP contribution in [0.15, 0.2) is 59.5 Å². The maximum Gasteiger partial charge on any atom is 0.328 e.